The van der Waals surface area contributed by atoms with E-state index in [1.165, 1.54) is 46.1 Å². The van der Waals surface area contributed by atoms with Crippen molar-refractivity contribution in [1.29, 1.82) is 0 Å². The summed E-state index contributed by atoms with van der Waals surface area (Å²) in [5, 5.41) is 5.59. The first-order chi connectivity index (χ1) is 8.30. The Morgan fingerprint density at radius 2 is 2.18 bits per heavy atom. The van der Waals surface area contributed by atoms with Crippen LogP contribution in [0.1, 0.15) is 37.8 Å². The molecular weight excluding hydrogens is 248 g/mol. The first-order valence-electron chi connectivity index (χ1n) is 6.08. The van der Waals surface area contributed by atoms with E-state index in [9.17, 15) is 0 Å². The molecule has 2 aromatic rings. The van der Waals surface area contributed by atoms with Gasteiger partial charge in [-0.05, 0) is 48.4 Å². The van der Waals surface area contributed by atoms with Gasteiger partial charge in [0, 0.05) is 0 Å². The summed E-state index contributed by atoms with van der Waals surface area (Å²) in [5.41, 5.74) is 4.03. The van der Waals surface area contributed by atoms with Crippen LogP contribution in [0.4, 0.5) is 0 Å². The van der Waals surface area contributed by atoms with Crippen LogP contribution in [0.25, 0.3) is 10.2 Å². The second-order valence-corrected chi connectivity index (χ2v) is 6.02. The second-order valence-electron chi connectivity index (χ2n) is 4.10. The summed E-state index contributed by atoms with van der Waals surface area (Å²) in [7, 11) is 0. The molecule has 17 heavy (non-hydrogen) atoms. The molecule has 0 aliphatic heterocycles. The fourth-order valence-corrected chi connectivity index (χ4v) is 3.45. The highest BCUT2D eigenvalue weighted by molar-refractivity contribution is 7.99. The number of unbranched alkanes of at least 4 members (excludes halogenated alkanes) is 1. The lowest BCUT2D eigenvalue weighted by molar-refractivity contribution is 0.788. The van der Waals surface area contributed by atoms with Crippen LogP contribution < -0.4 is 5.14 Å². The third kappa shape index (κ3) is 2.64. The molecule has 1 aromatic carbocycles. The number of benzene rings is 1. The Labute approximate surface area is 111 Å². The zero-order chi connectivity index (χ0) is 12.3. The Morgan fingerprint density at radius 3 is 2.82 bits per heavy atom. The minimum atomic E-state index is 0.961. The van der Waals surface area contributed by atoms with Gasteiger partial charge in [-0.15, -0.1) is 11.3 Å². The molecule has 2 rings (SSSR count). The van der Waals surface area contributed by atoms with Gasteiger partial charge in [-0.3, -0.25) is 5.14 Å². The predicted octanol–water partition coefficient (Wildman–Crippen LogP) is 4.17. The number of fused-ring (bicyclic) bond motifs is 1. The van der Waals surface area contributed by atoms with Crippen LogP contribution in [0, 0.1) is 0 Å². The van der Waals surface area contributed by atoms with Crippen molar-refractivity contribution in [2.75, 3.05) is 0 Å². The van der Waals surface area contributed by atoms with Crippen molar-refractivity contribution in [3.05, 3.63) is 23.3 Å². The number of aryl methyl sites for hydroxylation is 2. The Hall–Kier alpha value is -0.580. The molecule has 0 unspecified atom stereocenters. The molecule has 0 fully saturated rings. The van der Waals surface area contributed by atoms with E-state index >= 15 is 0 Å². The highest BCUT2D eigenvalue weighted by atomic mass is 32.2. The van der Waals surface area contributed by atoms with Gasteiger partial charge in [-0.25, -0.2) is 4.98 Å². The number of nitrogens with zero attached hydrogens (tertiary/aromatic N) is 1. The first kappa shape index (κ1) is 12.9. The molecule has 0 spiro atoms. The number of rotatable bonds is 5. The maximum absolute atomic E-state index is 5.59. The van der Waals surface area contributed by atoms with Crippen LogP contribution in [-0.2, 0) is 12.8 Å². The molecule has 0 saturated carbocycles. The fraction of sp³-hybridized carbons (Fsp3) is 0.462. The summed E-state index contributed by atoms with van der Waals surface area (Å²) in [6, 6.07) is 4.46. The largest absolute Gasteiger partial charge is 0.272 e. The average Bonchev–Trinajstić information content (AvgIpc) is 2.78. The van der Waals surface area contributed by atoms with Crippen molar-refractivity contribution < 1.29 is 0 Å². The molecule has 0 bridgehead atoms. The minimum absolute atomic E-state index is 0.961. The van der Waals surface area contributed by atoms with Crippen molar-refractivity contribution in [1.82, 2.24) is 4.98 Å². The first-order valence-corrected chi connectivity index (χ1v) is 7.77. The van der Waals surface area contributed by atoms with Crippen LogP contribution in [0.2, 0.25) is 0 Å². The lowest BCUT2D eigenvalue weighted by Gasteiger charge is -2.07. The van der Waals surface area contributed by atoms with Crippen molar-refractivity contribution in [2.24, 2.45) is 5.14 Å². The maximum Gasteiger partial charge on any atom is 0.165 e. The van der Waals surface area contributed by atoms with E-state index < -0.39 is 0 Å². The summed E-state index contributed by atoms with van der Waals surface area (Å²) in [4.78, 5) is 4.63. The smallest absolute Gasteiger partial charge is 0.165 e. The summed E-state index contributed by atoms with van der Waals surface area (Å²) in [5.74, 6) is 0. The van der Waals surface area contributed by atoms with Crippen LogP contribution in [0.5, 0.6) is 0 Å². The number of hydrogen-bond acceptors (Lipinski definition) is 4. The minimum Gasteiger partial charge on any atom is -0.272 e. The Morgan fingerprint density at radius 1 is 1.35 bits per heavy atom. The summed E-state index contributed by atoms with van der Waals surface area (Å²) < 4.78 is 2.22. The predicted molar refractivity (Wildman–Crippen MR) is 77.7 cm³/mol. The third-order valence-electron chi connectivity index (χ3n) is 3.00. The van der Waals surface area contributed by atoms with E-state index in [-0.39, 0.29) is 0 Å². The topological polar surface area (TPSA) is 38.9 Å². The molecule has 4 heteroatoms. The van der Waals surface area contributed by atoms with Gasteiger partial charge >= 0.3 is 0 Å². The highest BCUT2D eigenvalue weighted by Gasteiger charge is 2.10. The molecular formula is C13H18N2S2. The third-order valence-corrected chi connectivity index (χ3v) is 4.64. The van der Waals surface area contributed by atoms with E-state index in [4.69, 9.17) is 5.14 Å². The normalized spacial score (nSPS) is 11.2. The van der Waals surface area contributed by atoms with Crippen molar-refractivity contribution in [2.45, 2.75) is 43.9 Å². The molecule has 0 saturated heterocycles. The van der Waals surface area contributed by atoms with Crippen LogP contribution in [-0.4, -0.2) is 4.98 Å². The second kappa shape index (κ2) is 5.85. The standard InChI is InChI=1S/C13H18N2S2/c1-3-5-6-9-7-8-11-12(10(9)4-2)15-13(16-11)17-14/h7-8H,3-6,14H2,1-2H3. The molecule has 0 amide bonds. The summed E-state index contributed by atoms with van der Waals surface area (Å²) >= 11 is 2.93. The molecule has 0 aliphatic carbocycles. The van der Waals surface area contributed by atoms with Gasteiger partial charge < -0.3 is 0 Å². The Balaban J connectivity index is 2.47. The average molecular weight is 266 g/mol. The molecule has 92 valence electrons. The van der Waals surface area contributed by atoms with Crippen LogP contribution in [0.15, 0.2) is 16.5 Å². The van der Waals surface area contributed by atoms with E-state index in [0.717, 1.165) is 17.2 Å². The molecule has 1 aromatic heterocycles. The van der Waals surface area contributed by atoms with E-state index in [2.05, 4.69) is 31.0 Å². The van der Waals surface area contributed by atoms with E-state index in [0.29, 0.717) is 0 Å². The van der Waals surface area contributed by atoms with Gasteiger partial charge in [0.25, 0.3) is 0 Å². The lowest BCUT2D eigenvalue weighted by Crippen LogP contribution is -1.94. The van der Waals surface area contributed by atoms with E-state index in [1.807, 2.05) is 0 Å². The SMILES string of the molecule is CCCCc1ccc2sc(SN)nc2c1CC. The number of hydrogen-bond donors (Lipinski definition) is 1. The van der Waals surface area contributed by atoms with Crippen LogP contribution >= 0.6 is 23.3 Å². The zero-order valence-corrected chi connectivity index (χ0v) is 12.0. The molecule has 0 aliphatic rings. The Bertz CT molecular complexity index is 505. The van der Waals surface area contributed by atoms with Gasteiger partial charge in [-0.2, -0.15) is 0 Å². The number of thiazole rings is 1. The van der Waals surface area contributed by atoms with Crippen LogP contribution in [0.3, 0.4) is 0 Å². The van der Waals surface area contributed by atoms with Gasteiger partial charge in [0.05, 0.1) is 10.2 Å². The molecule has 2 N–H and O–H groups in total. The highest BCUT2D eigenvalue weighted by Crippen LogP contribution is 2.31. The summed E-state index contributed by atoms with van der Waals surface area (Å²) in [6.45, 7) is 4.44. The summed E-state index contributed by atoms with van der Waals surface area (Å²) in [6.07, 6.45) is 4.70. The van der Waals surface area contributed by atoms with Crippen molar-refractivity contribution in [3.63, 3.8) is 0 Å². The van der Waals surface area contributed by atoms with Gasteiger partial charge in [-0.1, -0.05) is 26.3 Å². The number of aromatic nitrogens is 1. The molecule has 0 radical (unpaired) electrons. The molecule has 2 nitrogen and oxygen atoms in total. The van der Waals surface area contributed by atoms with Gasteiger partial charge in [0.15, 0.2) is 4.34 Å². The maximum atomic E-state index is 5.59. The van der Waals surface area contributed by atoms with Crippen molar-refractivity contribution in [3.8, 4) is 0 Å². The monoisotopic (exact) mass is 266 g/mol. The fourth-order valence-electron chi connectivity index (χ4n) is 2.12. The molecule has 0 atom stereocenters. The number of nitrogens with two attached hydrogens (primary N) is 1. The van der Waals surface area contributed by atoms with Gasteiger partial charge in [0.1, 0.15) is 0 Å². The van der Waals surface area contributed by atoms with E-state index in [1.54, 1.807) is 11.3 Å². The Kier molecular flexibility index (Phi) is 4.42. The zero-order valence-electron chi connectivity index (χ0n) is 10.3. The lowest BCUT2D eigenvalue weighted by atomic mass is 9.99. The molecule has 1 heterocycles. The quantitative estimate of drug-likeness (QED) is 0.826. The van der Waals surface area contributed by atoms with Gasteiger partial charge in [0.2, 0.25) is 0 Å². The van der Waals surface area contributed by atoms with Crippen molar-refractivity contribution >= 4 is 33.5 Å².